The summed E-state index contributed by atoms with van der Waals surface area (Å²) in [6.07, 6.45) is 4.71. The summed E-state index contributed by atoms with van der Waals surface area (Å²) < 4.78 is 16.9. The van der Waals surface area contributed by atoms with Gasteiger partial charge in [0.1, 0.15) is 11.4 Å². The fourth-order valence-corrected chi connectivity index (χ4v) is 5.69. The minimum absolute atomic E-state index is 0.155. The molecule has 0 radical (unpaired) electrons. The molecule has 12 nitrogen and oxygen atoms in total. The molecule has 0 unspecified atom stereocenters. The number of fused-ring (bicyclic) bond motifs is 1. The predicted molar refractivity (Wildman–Crippen MR) is 174 cm³/mol. The Labute approximate surface area is 262 Å². The van der Waals surface area contributed by atoms with Crippen molar-refractivity contribution in [3.05, 3.63) is 35.0 Å². The zero-order chi connectivity index (χ0) is 31.1. The summed E-state index contributed by atoms with van der Waals surface area (Å²) in [5.74, 6) is 2.18. The maximum atomic E-state index is 12.6. The van der Waals surface area contributed by atoms with E-state index in [0.29, 0.717) is 45.3 Å². The molecule has 2 aliphatic heterocycles. The standard InChI is InChI=1S/C32H52N8O4/c1-4-5-6-11-35-31-30-27(36-32(33)37-31)9-13-40(30)24-26-8-7-25(22-28(26)42-3)23-38-14-16-39(17-15-38)29(41)10-18-43-20-21-44-19-12-34-2/h7-8,22,34H,4-6,9-21,23-24H2,1-3H3,(H3,33,35,36,37). The Bertz CT molecular complexity index is 1180. The molecule has 1 aromatic carbocycles. The van der Waals surface area contributed by atoms with E-state index in [9.17, 15) is 4.79 Å². The first-order valence-corrected chi connectivity index (χ1v) is 16.1. The first-order valence-electron chi connectivity index (χ1n) is 16.1. The van der Waals surface area contributed by atoms with Crippen molar-refractivity contribution in [1.29, 1.82) is 0 Å². The number of nitrogens with one attached hydrogen (secondary N) is 2. The van der Waals surface area contributed by atoms with Crippen molar-refractivity contribution in [1.82, 2.24) is 25.1 Å². The average molecular weight is 613 g/mol. The second-order valence-electron chi connectivity index (χ2n) is 11.4. The number of rotatable bonds is 19. The highest BCUT2D eigenvalue weighted by molar-refractivity contribution is 5.76. The Morgan fingerprint density at radius 2 is 1.77 bits per heavy atom. The summed E-state index contributed by atoms with van der Waals surface area (Å²) in [6, 6.07) is 6.51. The quantitative estimate of drug-likeness (QED) is 0.202. The molecule has 44 heavy (non-hydrogen) atoms. The first kappa shape index (κ1) is 33.7. The van der Waals surface area contributed by atoms with E-state index in [1.54, 1.807) is 7.11 Å². The number of anilines is 3. The monoisotopic (exact) mass is 612 g/mol. The molecule has 0 atom stereocenters. The van der Waals surface area contributed by atoms with Crippen LogP contribution in [0.2, 0.25) is 0 Å². The normalized spacial score (nSPS) is 15.1. The second-order valence-corrected chi connectivity index (χ2v) is 11.4. The first-order chi connectivity index (χ1) is 21.5. The maximum Gasteiger partial charge on any atom is 0.224 e. The van der Waals surface area contributed by atoms with Crippen LogP contribution in [0.25, 0.3) is 0 Å². The van der Waals surface area contributed by atoms with Crippen LogP contribution in [0.4, 0.5) is 17.5 Å². The lowest BCUT2D eigenvalue weighted by Gasteiger charge is -2.35. The highest BCUT2D eigenvalue weighted by Gasteiger charge is 2.27. The minimum Gasteiger partial charge on any atom is -0.496 e. The van der Waals surface area contributed by atoms with Gasteiger partial charge in [0.2, 0.25) is 11.9 Å². The number of aromatic nitrogens is 2. The van der Waals surface area contributed by atoms with Gasteiger partial charge in [0, 0.05) is 70.9 Å². The van der Waals surface area contributed by atoms with Crippen LogP contribution < -0.4 is 26.0 Å². The van der Waals surface area contributed by atoms with Gasteiger partial charge in [-0.25, -0.2) is 4.98 Å². The van der Waals surface area contributed by atoms with Gasteiger partial charge in [-0.15, -0.1) is 0 Å². The molecular formula is C32H52N8O4. The topological polar surface area (TPSA) is 130 Å². The molecule has 2 aromatic rings. The van der Waals surface area contributed by atoms with E-state index in [-0.39, 0.29) is 5.91 Å². The molecule has 1 fully saturated rings. The fraction of sp³-hybridized carbons (Fsp3) is 0.656. The molecule has 2 aliphatic rings. The Balaban J connectivity index is 1.25. The van der Waals surface area contributed by atoms with Gasteiger partial charge in [-0.05, 0) is 25.1 Å². The van der Waals surface area contributed by atoms with Crippen molar-refractivity contribution >= 4 is 23.4 Å². The Kier molecular flexibility index (Phi) is 13.7. The Morgan fingerprint density at radius 1 is 0.977 bits per heavy atom. The van der Waals surface area contributed by atoms with Crippen molar-refractivity contribution in [2.24, 2.45) is 0 Å². The Morgan fingerprint density at radius 3 is 2.52 bits per heavy atom. The molecule has 1 aromatic heterocycles. The van der Waals surface area contributed by atoms with Gasteiger partial charge >= 0.3 is 0 Å². The average Bonchev–Trinajstić information content (AvgIpc) is 3.43. The lowest BCUT2D eigenvalue weighted by Crippen LogP contribution is -2.48. The zero-order valence-electron chi connectivity index (χ0n) is 26.9. The third-order valence-electron chi connectivity index (χ3n) is 8.15. The van der Waals surface area contributed by atoms with Crippen molar-refractivity contribution in [3.63, 3.8) is 0 Å². The molecule has 0 bridgehead atoms. The molecule has 4 rings (SSSR count). The van der Waals surface area contributed by atoms with Gasteiger partial charge in [-0.3, -0.25) is 9.69 Å². The zero-order valence-corrected chi connectivity index (χ0v) is 26.9. The van der Waals surface area contributed by atoms with E-state index in [2.05, 4.69) is 55.5 Å². The van der Waals surface area contributed by atoms with E-state index in [0.717, 1.165) is 93.7 Å². The summed E-state index contributed by atoms with van der Waals surface area (Å²) in [5.41, 5.74) is 10.4. The molecule has 1 amide bonds. The van der Waals surface area contributed by atoms with Gasteiger partial charge in [0.25, 0.3) is 0 Å². The number of nitrogens with zero attached hydrogens (tertiary/aromatic N) is 5. The molecule has 0 spiro atoms. The summed E-state index contributed by atoms with van der Waals surface area (Å²) in [5, 5.41) is 6.54. The van der Waals surface area contributed by atoms with Crippen molar-refractivity contribution in [3.8, 4) is 5.75 Å². The summed E-state index contributed by atoms with van der Waals surface area (Å²) in [6.45, 7) is 11.6. The van der Waals surface area contributed by atoms with Crippen molar-refractivity contribution in [2.75, 3.05) is 102 Å². The van der Waals surface area contributed by atoms with Crippen LogP contribution in [-0.4, -0.2) is 112 Å². The SMILES string of the molecule is CCCCCNc1nc(N)nc2c1N(Cc1ccc(CN3CCN(C(=O)CCOCCOCCNC)CC3)cc1OC)CC2. The predicted octanol–water partition coefficient (Wildman–Crippen LogP) is 2.52. The van der Waals surface area contributed by atoms with E-state index in [4.69, 9.17) is 19.9 Å². The number of unbranched alkanes of at least 4 members (excludes halogenated alkanes) is 2. The van der Waals surface area contributed by atoms with Crippen molar-refractivity contribution in [2.45, 2.75) is 52.1 Å². The molecule has 4 N–H and O–H groups in total. The number of piperazine rings is 1. The van der Waals surface area contributed by atoms with Crippen LogP contribution >= 0.6 is 0 Å². The number of benzene rings is 1. The molecular weight excluding hydrogens is 560 g/mol. The summed E-state index contributed by atoms with van der Waals surface area (Å²) in [7, 11) is 3.63. The fourth-order valence-electron chi connectivity index (χ4n) is 5.69. The Hall–Kier alpha value is -3.19. The van der Waals surface area contributed by atoms with Gasteiger partial charge in [-0.2, -0.15) is 4.98 Å². The number of carbonyl (C=O) groups excluding carboxylic acids is 1. The van der Waals surface area contributed by atoms with Gasteiger partial charge in [0.15, 0.2) is 5.82 Å². The summed E-state index contributed by atoms with van der Waals surface area (Å²) >= 11 is 0. The van der Waals surface area contributed by atoms with Crippen molar-refractivity contribution < 1.29 is 19.0 Å². The number of carbonyl (C=O) groups is 1. The number of likely N-dealkylation sites (N-methyl/N-ethyl adjacent to an activating group) is 1. The minimum atomic E-state index is 0.155. The largest absolute Gasteiger partial charge is 0.496 e. The van der Waals surface area contributed by atoms with Crippen LogP contribution in [0.15, 0.2) is 18.2 Å². The third-order valence-corrected chi connectivity index (χ3v) is 8.15. The number of amides is 1. The molecule has 3 heterocycles. The molecule has 1 saturated heterocycles. The van der Waals surface area contributed by atoms with Crippen LogP contribution in [-0.2, 0) is 33.8 Å². The van der Waals surface area contributed by atoms with Gasteiger partial charge in [-0.1, -0.05) is 31.9 Å². The smallest absolute Gasteiger partial charge is 0.224 e. The highest BCUT2D eigenvalue weighted by atomic mass is 16.5. The van der Waals surface area contributed by atoms with E-state index >= 15 is 0 Å². The number of nitrogen functional groups attached to an aromatic ring is 1. The third kappa shape index (κ3) is 9.91. The van der Waals surface area contributed by atoms with Crippen LogP contribution in [0.5, 0.6) is 5.75 Å². The highest BCUT2D eigenvalue weighted by Crippen LogP contribution is 2.36. The number of ether oxygens (including phenoxy) is 3. The molecule has 244 valence electrons. The van der Waals surface area contributed by atoms with E-state index < -0.39 is 0 Å². The van der Waals surface area contributed by atoms with E-state index in [1.807, 2.05) is 11.9 Å². The number of methoxy groups -OCH3 is 1. The maximum absolute atomic E-state index is 12.6. The van der Waals surface area contributed by atoms with Crippen LogP contribution in [0.3, 0.4) is 0 Å². The molecule has 0 saturated carbocycles. The lowest BCUT2D eigenvalue weighted by molar-refractivity contribution is -0.134. The molecule has 12 heteroatoms. The van der Waals surface area contributed by atoms with Gasteiger partial charge in [0.05, 0.1) is 45.7 Å². The van der Waals surface area contributed by atoms with Gasteiger partial charge < -0.3 is 40.4 Å². The number of hydrogen-bond donors (Lipinski definition) is 3. The van der Waals surface area contributed by atoms with Crippen LogP contribution in [0, 0.1) is 0 Å². The van der Waals surface area contributed by atoms with E-state index in [1.165, 1.54) is 18.4 Å². The number of nitrogens with two attached hydrogens (primary N) is 1. The number of hydrogen-bond acceptors (Lipinski definition) is 11. The second kappa shape index (κ2) is 17.9. The summed E-state index contributed by atoms with van der Waals surface area (Å²) in [4.78, 5) is 28.4. The lowest BCUT2D eigenvalue weighted by atomic mass is 10.1. The molecule has 0 aliphatic carbocycles. The van der Waals surface area contributed by atoms with Crippen LogP contribution in [0.1, 0.15) is 49.4 Å².